The van der Waals surface area contributed by atoms with Crippen LogP contribution < -0.4 is 20.9 Å². The molecule has 51 heavy (non-hydrogen) atoms. The zero-order chi connectivity index (χ0) is 37.9. The minimum Gasteiger partial charge on any atom is -0.496 e. The molecule has 0 aliphatic carbocycles. The van der Waals surface area contributed by atoms with Crippen molar-refractivity contribution in [3.63, 3.8) is 0 Å². The van der Waals surface area contributed by atoms with Crippen LogP contribution in [0.15, 0.2) is 60.7 Å². The Balaban J connectivity index is 0.000000303. The Labute approximate surface area is 294 Å². The predicted octanol–water partition coefficient (Wildman–Crippen LogP) is 8.69. The molecule has 1 aliphatic rings. The minimum absolute atomic E-state index is 0.0880. The van der Waals surface area contributed by atoms with Gasteiger partial charge in [0.2, 0.25) is 0 Å². The molecule has 5 rings (SSSR count). The lowest BCUT2D eigenvalue weighted by Gasteiger charge is -2.33. The number of aryl methyl sites for hydroxylation is 1. The van der Waals surface area contributed by atoms with Crippen molar-refractivity contribution in [3.05, 3.63) is 89.0 Å². The molecule has 1 atom stereocenters. The summed E-state index contributed by atoms with van der Waals surface area (Å²) in [6, 6.07) is 18.6. The van der Waals surface area contributed by atoms with Gasteiger partial charge in [0, 0.05) is 24.6 Å². The van der Waals surface area contributed by atoms with E-state index in [0.717, 1.165) is 64.1 Å². The van der Waals surface area contributed by atoms with E-state index in [9.17, 15) is 31.5 Å². The summed E-state index contributed by atoms with van der Waals surface area (Å²) in [7, 11) is 5.59. The summed E-state index contributed by atoms with van der Waals surface area (Å²) < 4.78 is 70.4. The van der Waals surface area contributed by atoms with Crippen LogP contribution >= 0.6 is 0 Å². The van der Waals surface area contributed by atoms with E-state index in [1.165, 1.54) is 25.3 Å². The first kappa shape index (κ1) is 40.5. The van der Waals surface area contributed by atoms with Crippen LogP contribution in [0.3, 0.4) is 0 Å². The van der Waals surface area contributed by atoms with E-state index in [1.807, 2.05) is 18.2 Å². The number of carboxylic acids is 1. The number of likely N-dealkylation sites (tertiary alicyclic amines) is 1. The predicted molar refractivity (Wildman–Crippen MR) is 188 cm³/mol. The van der Waals surface area contributed by atoms with Crippen molar-refractivity contribution in [2.45, 2.75) is 64.1 Å². The Hall–Kier alpha value is -4.91. The van der Waals surface area contributed by atoms with E-state index in [2.05, 4.69) is 42.3 Å². The fourth-order valence-electron chi connectivity index (χ4n) is 6.05. The van der Waals surface area contributed by atoms with Gasteiger partial charge in [-0.2, -0.15) is 13.2 Å². The van der Waals surface area contributed by atoms with Gasteiger partial charge in [-0.25, -0.2) is 8.78 Å². The van der Waals surface area contributed by atoms with Gasteiger partial charge >= 0.3 is 12.1 Å². The number of primary amides is 1. The van der Waals surface area contributed by atoms with E-state index in [0.29, 0.717) is 12.5 Å². The lowest BCUT2D eigenvalue weighted by atomic mass is 9.90. The highest BCUT2D eigenvalue weighted by molar-refractivity contribution is 6.01. The van der Waals surface area contributed by atoms with Crippen LogP contribution in [0.4, 0.5) is 27.6 Å². The highest BCUT2D eigenvalue weighted by Gasteiger charge is 2.26. The number of hydrogen-bond donors (Lipinski definition) is 3. The molecule has 13 heteroatoms. The molecule has 5 N–H and O–H groups in total. The lowest BCUT2D eigenvalue weighted by Crippen LogP contribution is -2.29. The monoisotopic (exact) mass is 717 g/mol. The number of methoxy groups -OCH3 is 2. The third kappa shape index (κ3) is 11.0. The number of nitrogens with zero attached hydrogens (tertiary/aromatic N) is 1. The molecule has 0 saturated carbocycles. The summed E-state index contributed by atoms with van der Waals surface area (Å²) in [4.78, 5) is 24.0. The molecule has 8 nitrogen and oxygen atoms in total. The van der Waals surface area contributed by atoms with Crippen molar-refractivity contribution < 1.29 is 46.1 Å². The van der Waals surface area contributed by atoms with E-state index in [-0.39, 0.29) is 18.5 Å². The van der Waals surface area contributed by atoms with Gasteiger partial charge in [-0.15, -0.1) is 0 Å². The molecule has 4 aromatic carbocycles. The number of nitrogens with two attached hydrogens (primary N) is 2. The van der Waals surface area contributed by atoms with Gasteiger partial charge in [-0.3, -0.25) is 14.5 Å². The quantitative estimate of drug-likeness (QED) is 0.117. The van der Waals surface area contributed by atoms with Gasteiger partial charge in [0.15, 0.2) is 0 Å². The molecule has 1 heterocycles. The molecule has 276 valence electrons. The third-order valence-corrected chi connectivity index (χ3v) is 8.42. The standard InChI is InChI=1S/C27H31NO4.C7H6F2N2O.C4H7F3/c1-28-15-5-4-12-23(28)19-16-24(31-2)27(25(17-19)32-3)22-11-7-9-20-18(13-14-26(29)30)8-6-10-21(20)22;8-4-1-3(10)2-5(9)6(4)7(11)12;1-2-3-4(5,6)7/h6-11,16-17,23H,4-5,12-15H2,1-3H3,(H,29,30);1-2H,10H2,(H2,11,12);2-3H2,1H3. The van der Waals surface area contributed by atoms with Gasteiger partial charge < -0.3 is 26.0 Å². The molecule has 1 fully saturated rings. The number of carbonyl (C=O) groups excluding carboxylic acids is 1. The lowest BCUT2D eigenvalue weighted by molar-refractivity contribution is -0.137. The van der Waals surface area contributed by atoms with Gasteiger partial charge in [0.25, 0.3) is 5.91 Å². The van der Waals surface area contributed by atoms with Crippen LogP contribution in [0.2, 0.25) is 0 Å². The first-order valence-electron chi connectivity index (χ1n) is 16.4. The van der Waals surface area contributed by atoms with Crippen molar-refractivity contribution >= 4 is 28.3 Å². The molecule has 0 bridgehead atoms. The highest BCUT2D eigenvalue weighted by Crippen LogP contribution is 2.45. The molecule has 0 radical (unpaired) electrons. The molecule has 1 amide bonds. The largest absolute Gasteiger partial charge is 0.496 e. The van der Waals surface area contributed by atoms with Crippen LogP contribution in [0.5, 0.6) is 11.5 Å². The third-order valence-electron chi connectivity index (χ3n) is 8.42. The molecule has 0 spiro atoms. The Morgan fingerprint density at radius 1 is 0.941 bits per heavy atom. The normalized spacial score (nSPS) is 14.5. The average Bonchev–Trinajstić information content (AvgIpc) is 3.06. The van der Waals surface area contributed by atoms with Crippen LogP contribution in [0.1, 0.15) is 73.0 Å². The summed E-state index contributed by atoms with van der Waals surface area (Å²) in [5, 5.41) is 11.3. The number of benzene rings is 4. The number of hydrogen-bond acceptors (Lipinski definition) is 6. The fraction of sp³-hybridized carbons (Fsp3) is 0.368. The second-order valence-corrected chi connectivity index (χ2v) is 12.1. The number of aliphatic carboxylic acids is 1. The summed E-state index contributed by atoms with van der Waals surface area (Å²) in [6.07, 6.45) is -0.227. The highest BCUT2D eigenvalue weighted by atomic mass is 19.4. The number of alkyl halides is 3. The van der Waals surface area contributed by atoms with Crippen molar-refractivity contribution in [2.75, 3.05) is 33.5 Å². The van der Waals surface area contributed by atoms with Gasteiger partial charge in [0.1, 0.15) is 28.7 Å². The van der Waals surface area contributed by atoms with E-state index >= 15 is 0 Å². The summed E-state index contributed by atoms with van der Waals surface area (Å²) in [5.74, 6) is -2.43. The van der Waals surface area contributed by atoms with Gasteiger partial charge in [0.05, 0.1) is 19.8 Å². The van der Waals surface area contributed by atoms with Gasteiger partial charge in [-0.05, 0) is 91.0 Å². The molecular formula is C38H44F5N3O5. The number of carbonyl (C=O) groups is 2. The summed E-state index contributed by atoms with van der Waals surface area (Å²) >= 11 is 0. The van der Waals surface area contributed by atoms with E-state index in [4.69, 9.17) is 26.0 Å². The maximum atomic E-state index is 12.7. The Bertz CT molecular complexity index is 1770. The smallest absolute Gasteiger partial charge is 0.389 e. The summed E-state index contributed by atoms with van der Waals surface area (Å²) in [6.45, 7) is 2.60. The molecule has 1 saturated heterocycles. The number of ether oxygens (including phenoxy) is 2. The number of carboxylic acid groups (broad SMARTS) is 1. The number of nitrogen functional groups attached to an aromatic ring is 1. The maximum Gasteiger partial charge on any atom is 0.389 e. The SMILES string of the molecule is CCCC(F)(F)F.COc1cc(C2CCCCN2C)cc(OC)c1-c1cccc2c(CCC(=O)O)cccc12.NC(=O)c1c(F)cc(N)cc1F. The van der Waals surface area contributed by atoms with Crippen LogP contribution in [0.25, 0.3) is 21.9 Å². The number of anilines is 1. The van der Waals surface area contributed by atoms with Crippen molar-refractivity contribution in [2.24, 2.45) is 5.73 Å². The van der Waals surface area contributed by atoms with E-state index in [1.54, 1.807) is 14.2 Å². The molecule has 1 aliphatic heterocycles. The summed E-state index contributed by atoms with van der Waals surface area (Å²) in [5.41, 5.74) is 13.2. The second-order valence-electron chi connectivity index (χ2n) is 12.1. The zero-order valence-corrected chi connectivity index (χ0v) is 29.1. The van der Waals surface area contributed by atoms with Crippen LogP contribution in [-0.2, 0) is 11.2 Å². The topological polar surface area (TPSA) is 128 Å². The van der Waals surface area contributed by atoms with Crippen molar-refractivity contribution in [3.8, 4) is 22.6 Å². The number of amides is 1. The minimum atomic E-state index is -3.95. The molecular weight excluding hydrogens is 673 g/mol. The first-order valence-corrected chi connectivity index (χ1v) is 16.4. The van der Waals surface area contributed by atoms with Gasteiger partial charge in [-0.1, -0.05) is 49.7 Å². The number of halogens is 5. The number of piperidine rings is 1. The van der Waals surface area contributed by atoms with Crippen molar-refractivity contribution in [1.29, 1.82) is 0 Å². The maximum absolute atomic E-state index is 12.7. The van der Waals surface area contributed by atoms with Crippen LogP contribution in [-0.4, -0.2) is 55.9 Å². The fourth-order valence-corrected chi connectivity index (χ4v) is 6.05. The molecule has 0 aromatic heterocycles. The van der Waals surface area contributed by atoms with E-state index < -0.39 is 41.7 Å². The number of fused-ring (bicyclic) bond motifs is 1. The Morgan fingerprint density at radius 3 is 2.02 bits per heavy atom. The van der Waals surface area contributed by atoms with Crippen molar-refractivity contribution in [1.82, 2.24) is 4.90 Å². The Kier molecular flexibility index (Phi) is 14.6. The average molecular weight is 718 g/mol. The molecule has 4 aromatic rings. The Morgan fingerprint density at radius 2 is 1.53 bits per heavy atom. The molecule has 1 unspecified atom stereocenters. The first-order chi connectivity index (χ1) is 24.1. The van der Waals surface area contributed by atoms with Crippen LogP contribution in [0, 0.1) is 11.6 Å². The second kappa shape index (κ2) is 18.4. The number of rotatable bonds is 9. The zero-order valence-electron chi connectivity index (χ0n) is 29.1.